The number of aromatic nitrogens is 2. The summed E-state index contributed by atoms with van der Waals surface area (Å²) < 4.78 is 7.20. The molecule has 21 heavy (non-hydrogen) atoms. The molecule has 1 aromatic rings. The molecule has 0 unspecified atom stereocenters. The Kier molecular flexibility index (Phi) is 5.00. The molecule has 0 radical (unpaired) electrons. The molecule has 6 heteroatoms. The highest BCUT2D eigenvalue weighted by molar-refractivity contribution is 5.92. The zero-order chi connectivity index (χ0) is 15.5. The van der Waals surface area contributed by atoms with Gasteiger partial charge in [0.15, 0.2) is 0 Å². The van der Waals surface area contributed by atoms with E-state index in [2.05, 4.69) is 36.1 Å². The van der Waals surface area contributed by atoms with E-state index < -0.39 is 0 Å². The zero-order valence-electron chi connectivity index (χ0n) is 13.5. The minimum absolute atomic E-state index is 0.102. The molecule has 0 spiro atoms. The maximum atomic E-state index is 12.1. The number of carbonyl (C=O) groups is 1. The second kappa shape index (κ2) is 6.58. The van der Waals surface area contributed by atoms with Crippen LogP contribution < -0.4 is 5.32 Å². The number of morpholine rings is 1. The Morgan fingerprint density at radius 1 is 1.38 bits per heavy atom. The van der Waals surface area contributed by atoms with E-state index in [1.165, 1.54) is 0 Å². The van der Waals surface area contributed by atoms with E-state index in [1.807, 2.05) is 17.7 Å². The van der Waals surface area contributed by atoms with E-state index in [0.717, 1.165) is 38.5 Å². The van der Waals surface area contributed by atoms with Crippen molar-refractivity contribution < 1.29 is 9.53 Å². The van der Waals surface area contributed by atoms with Crippen LogP contribution in [-0.4, -0.2) is 60.0 Å². The average Bonchev–Trinajstić information content (AvgIpc) is 2.82. The first-order valence-corrected chi connectivity index (χ1v) is 7.53. The monoisotopic (exact) mass is 294 g/mol. The first-order chi connectivity index (χ1) is 9.88. The van der Waals surface area contributed by atoms with Gasteiger partial charge in [0.1, 0.15) is 5.69 Å². The van der Waals surface area contributed by atoms with Crippen LogP contribution in [0.4, 0.5) is 0 Å². The Hall–Kier alpha value is -1.40. The molecular formula is C15H26N4O2. The smallest absolute Gasteiger partial charge is 0.271 e. The molecule has 2 rings (SSSR count). The largest absolute Gasteiger partial charge is 0.379 e. The standard InChI is InChI=1S/C15H26N4O2/c1-12-11-13(17-19(12)15(2,3)4)14(20)16-5-6-18-7-9-21-10-8-18/h11H,5-10H2,1-4H3,(H,16,20). The van der Waals surface area contributed by atoms with Crippen molar-refractivity contribution in [3.05, 3.63) is 17.5 Å². The topological polar surface area (TPSA) is 59.4 Å². The van der Waals surface area contributed by atoms with Crippen molar-refractivity contribution >= 4 is 5.91 Å². The van der Waals surface area contributed by atoms with Crippen LogP contribution in [-0.2, 0) is 10.3 Å². The maximum absolute atomic E-state index is 12.1. The van der Waals surface area contributed by atoms with Gasteiger partial charge < -0.3 is 10.1 Å². The number of carbonyl (C=O) groups excluding carboxylic acids is 1. The summed E-state index contributed by atoms with van der Waals surface area (Å²) in [4.78, 5) is 14.4. The molecule has 1 saturated heterocycles. The molecule has 1 aliphatic heterocycles. The molecule has 1 fully saturated rings. The van der Waals surface area contributed by atoms with Gasteiger partial charge in [0.05, 0.1) is 18.8 Å². The molecule has 1 amide bonds. The van der Waals surface area contributed by atoms with Gasteiger partial charge in [-0.3, -0.25) is 14.4 Å². The highest BCUT2D eigenvalue weighted by Crippen LogP contribution is 2.16. The van der Waals surface area contributed by atoms with Crippen LogP contribution >= 0.6 is 0 Å². The van der Waals surface area contributed by atoms with Crippen molar-refractivity contribution in [1.29, 1.82) is 0 Å². The van der Waals surface area contributed by atoms with E-state index in [1.54, 1.807) is 0 Å². The minimum atomic E-state index is -0.115. The van der Waals surface area contributed by atoms with Crippen LogP contribution in [0.2, 0.25) is 0 Å². The highest BCUT2D eigenvalue weighted by Gasteiger charge is 2.20. The Labute approximate surface area is 126 Å². The Morgan fingerprint density at radius 3 is 2.62 bits per heavy atom. The van der Waals surface area contributed by atoms with E-state index in [9.17, 15) is 4.79 Å². The van der Waals surface area contributed by atoms with Gasteiger partial charge in [-0.2, -0.15) is 5.10 Å². The predicted molar refractivity (Wildman–Crippen MR) is 81.6 cm³/mol. The summed E-state index contributed by atoms with van der Waals surface area (Å²) in [6, 6.07) is 1.84. The third-order valence-corrected chi connectivity index (χ3v) is 3.57. The third kappa shape index (κ3) is 4.28. The predicted octanol–water partition coefficient (Wildman–Crippen LogP) is 1.01. The van der Waals surface area contributed by atoms with Crippen LogP contribution in [0.5, 0.6) is 0 Å². The lowest BCUT2D eigenvalue weighted by atomic mass is 10.1. The van der Waals surface area contributed by atoms with E-state index in [0.29, 0.717) is 12.2 Å². The van der Waals surface area contributed by atoms with Gasteiger partial charge in [0.25, 0.3) is 5.91 Å². The van der Waals surface area contributed by atoms with Crippen molar-refractivity contribution in [3.8, 4) is 0 Å². The quantitative estimate of drug-likeness (QED) is 0.900. The highest BCUT2D eigenvalue weighted by atomic mass is 16.5. The van der Waals surface area contributed by atoms with Gasteiger partial charge in [-0.15, -0.1) is 0 Å². The molecule has 6 nitrogen and oxygen atoms in total. The molecule has 0 aromatic carbocycles. The van der Waals surface area contributed by atoms with Crippen LogP contribution in [0.15, 0.2) is 6.07 Å². The molecule has 0 aliphatic carbocycles. The summed E-state index contributed by atoms with van der Waals surface area (Å²) in [5.74, 6) is -0.102. The van der Waals surface area contributed by atoms with Crippen LogP contribution in [0.3, 0.4) is 0 Å². The van der Waals surface area contributed by atoms with Gasteiger partial charge in [-0.05, 0) is 33.8 Å². The maximum Gasteiger partial charge on any atom is 0.271 e. The molecule has 1 aromatic heterocycles. The zero-order valence-corrected chi connectivity index (χ0v) is 13.5. The van der Waals surface area contributed by atoms with Crippen molar-refractivity contribution in [2.45, 2.75) is 33.2 Å². The number of aryl methyl sites for hydroxylation is 1. The minimum Gasteiger partial charge on any atom is -0.379 e. The Bertz CT molecular complexity index is 484. The molecule has 0 atom stereocenters. The molecule has 1 aliphatic rings. The molecule has 2 heterocycles. The van der Waals surface area contributed by atoms with E-state index in [4.69, 9.17) is 4.74 Å². The summed E-state index contributed by atoms with van der Waals surface area (Å²) >= 11 is 0. The Balaban J connectivity index is 1.86. The number of nitrogens with zero attached hydrogens (tertiary/aromatic N) is 3. The fourth-order valence-electron chi connectivity index (χ4n) is 2.51. The number of rotatable bonds is 4. The normalized spacial score (nSPS) is 17.0. The third-order valence-electron chi connectivity index (χ3n) is 3.57. The van der Waals surface area contributed by atoms with Crippen molar-refractivity contribution in [2.24, 2.45) is 0 Å². The number of amides is 1. The van der Waals surface area contributed by atoms with Crippen molar-refractivity contribution in [1.82, 2.24) is 20.0 Å². The number of hydrogen-bond acceptors (Lipinski definition) is 4. The van der Waals surface area contributed by atoms with E-state index >= 15 is 0 Å². The SMILES string of the molecule is Cc1cc(C(=O)NCCN2CCOCC2)nn1C(C)(C)C. The summed E-state index contributed by atoms with van der Waals surface area (Å²) in [6.45, 7) is 13.1. The lowest BCUT2D eigenvalue weighted by Crippen LogP contribution is -2.41. The number of nitrogens with one attached hydrogen (secondary N) is 1. The molecule has 118 valence electrons. The fraction of sp³-hybridized carbons (Fsp3) is 0.733. The summed E-state index contributed by atoms with van der Waals surface area (Å²) in [6.07, 6.45) is 0. The van der Waals surface area contributed by atoms with E-state index in [-0.39, 0.29) is 11.4 Å². The number of hydrogen-bond donors (Lipinski definition) is 1. The number of ether oxygens (including phenoxy) is 1. The van der Waals surface area contributed by atoms with Crippen LogP contribution in [0.1, 0.15) is 37.0 Å². The second-order valence-electron chi connectivity index (χ2n) is 6.46. The van der Waals surface area contributed by atoms with Gasteiger partial charge in [-0.25, -0.2) is 0 Å². The Morgan fingerprint density at radius 2 is 2.05 bits per heavy atom. The van der Waals surface area contributed by atoms with Crippen molar-refractivity contribution in [2.75, 3.05) is 39.4 Å². The van der Waals surface area contributed by atoms with Crippen molar-refractivity contribution in [3.63, 3.8) is 0 Å². The van der Waals surface area contributed by atoms with Gasteiger partial charge in [-0.1, -0.05) is 0 Å². The lowest BCUT2D eigenvalue weighted by Gasteiger charge is -2.26. The first kappa shape index (κ1) is 16.0. The molecule has 0 saturated carbocycles. The van der Waals surface area contributed by atoms with Gasteiger partial charge >= 0.3 is 0 Å². The van der Waals surface area contributed by atoms with Crippen LogP contribution in [0.25, 0.3) is 0 Å². The average molecular weight is 294 g/mol. The van der Waals surface area contributed by atoms with Crippen LogP contribution in [0, 0.1) is 6.92 Å². The summed E-state index contributed by atoms with van der Waals surface area (Å²) in [7, 11) is 0. The summed E-state index contributed by atoms with van der Waals surface area (Å²) in [5.41, 5.74) is 1.38. The fourth-order valence-corrected chi connectivity index (χ4v) is 2.51. The summed E-state index contributed by atoms with van der Waals surface area (Å²) in [5, 5.41) is 7.36. The molecule has 0 bridgehead atoms. The lowest BCUT2D eigenvalue weighted by molar-refractivity contribution is 0.0383. The second-order valence-corrected chi connectivity index (χ2v) is 6.46. The van der Waals surface area contributed by atoms with Gasteiger partial charge in [0, 0.05) is 31.9 Å². The van der Waals surface area contributed by atoms with Gasteiger partial charge in [0.2, 0.25) is 0 Å². The first-order valence-electron chi connectivity index (χ1n) is 7.53. The molecular weight excluding hydrogens is 268 g/mol. The molecule has 1 N–H and O–H groups in total.